The topological polar surface area (TPSA) is 41.1 Å². The van der Waals surface area contributed by atoms with Crippen LogP contribution >= 0.6 is 11.6 Å². The summed E-state index contributed by atoms with van der Waals surface area (Å²) in [5, 5.41) is 9.97. The minimum Gasteiger partial charge on any atom is -0.282 e. The van der Waals surface area contributed by atoms with Crippen molar-refractivity contribution in [3.63, 3.8) is 0 Å². The Labute approximate surface area is 150 Å². The molecule has 0 N–H and O–H groups in total. The van der Waals surface area contributed by atoms with Crippen LogP contribution < -0.4 is 0 Å². The van der Waals surface area contributed by atoms with Gasteiger partial charge in [0.15, 0.2) is 5.65 Å². The highest BCUT2D eigenvalue weighted by atomic mass is 35.5. The number of alkyl halides is 3. The van der Waals surface area contributed by atoms with Gasteiger partial charge in [0, 0.05) is 5.56 Å². The van der Waals surface area contributed by atoms with E-state index in [2.05, 4.69) is 11.1 Å². The van der Waals surface area contributed by atoms with Crippen LogP contribution in [0.4, 0.5) is 13.2 Å². The summed E-state index contributed by atoms with van der Waals surface area (Å²) in [4.78, 5) is 4.47. The van der Waals surface area contributed by atoms with Crippen LogP contribution in [0.15, 0.2) is 54.6 Å². The number of halogens is 4. The quantitative estimate of drug-likeness (QED) is 0.403. The Morgan fingerprint density at radius 3 is 2.38 bits per heavy atom. The van der Waals surface area contributed by atoms with Gasteiger partial charge in [0.05, 0.1) is 16.6 Å². The highest BCUT2D eigenvalue weighted by Gasteiger charge is 2.30. The van der Waals surface area contributed by atoms with Gasteiger partial charge in [-0.2, -0.15) is 18.4 Å². The van der Waals surface area contributed by atoms with E-state index < -0.39 is 11.7 Å². The third-order valence-corrected chi connectivity index (χ3v) is 4.44. The third kappa shape index (κ3) is 2.49. The number of nitrogens with zero attached hydrogens (tertiary/aromatic N) is 3. The smallest absolute Gasteiger partial charge is 0.282 e. The van der Waals surface area contributed by atoms with Crippen LogP contribution in [-0.4, -0.2) is 9.38 Å². The van der Waals surface area contributed by atoms with Gasteiger partial charge >= 0.3 is 6.18 Å². The zero-order valence-corrected chi connectivity index (χ0v) is 13.8. The largest absolute Gasteiger partial charge is 0.416 e. The summed E-state index contributed by atoms with van der Waals surface area (Å²) in [5.74, 6) is 0. The van der Waals surface area contributed by atoms with Crippen LogP contribution in [0.1, 0.15) is 11.1 Å². The lowest BCUT2D eigenvalue weighted by molar-refractivity contribution is -0.137. The second kappa shape index (κ2) is 5.75. The molecule has 0 saturated heterocycles. The highest BCUT2D eigenvalue weighted by Crippen LogP contribution is 2.35. The van der Waals surface area contributed by atoms with E-state index in [0.29, 0.717) is 27.4 Å². The molecule has 26 heavy (non-hydrogen) atoms. The number of nitriles is 1. The second-order valence-corrected chi connectivity index (χ2v) is 6.09. The molecule has 0 aliphatic carbocycles. The van der Waals surface area contributed by atoms with Crippen LogP contribution in [0, 0.1) is 11.3 Å². The molecule has 0 spiro atoms. The Morgan fingerprint density at radius 2 is 1.73 bits per heavy atom. The fourth-order valence-corrected chi connectivity index (χ4v) is 3.24. The van der Waals surface area contributed by atoms with E-state index in [-0.39, 0.29) is 5.56 Å². The normalized spacial score (nSPS) is 11.8. The van der Waals surface area contributed by atoms with E-state index >= 15 is 0 Å². The van der Waals surface area contributed by atoms with Crippen molar-refractivity contribution >= 4 is 28.3 Å². The van der Waals surface area contributed by atoms with Crippen molar-refractivity contribution < 1.29 is 13.2 Å². The number of rotatable bonds is 1. The van der Waals surface area contributed by atoms with Gasteiger partial charge in [0.1, 0.15) is 16.8 Å². The van der Waals surface area contributed by atoms with E-state index in [9.17, 15) is 18.4 Å². The predicted octanol–water partition coefficient (Wildman–Crippen LogP) is 5.70. The molecule has 3 nitrogen and oxygen atoms in total. The van der Waals surface area contributed by atoms with E-state index in [1.165, 1.54) is 12.1 Å². The van der Waals surface area contributed by atoms with Crippen molar-refractivity contribution in [3.8, 4) is 17.2 Å². The molecule has 128 valence electrons. The van der Waals surface area contributed by atoms with E-state index in [1.807, 2.05) is 18.2 Å². The molecule has 2 aromatic carbocycles. The minimum atomic E-state index is -4.42. The lowest BCUT2D eigenvalue weighted by atomic mass is 10.0. The molecule has 0 atom stereocenters. The monoisotopic (exact) mass is 371 g/mol. The molecular weight excluding hydrogens is 363 g/mol. The first-order chi connectivity index (χ1) is 12.4. The molecule has 0 amide bonds. The predicted molar refractivity (Wildman–Crippen MR) is 92.9 cm³/mol. The average molecular weight is 372 g/mol. The van der Waals surface area contributed by atoms with Gasteiger partial charge in [0.25, 0.3) is 0 Å². The number of hydrogen-bond acceptors (Lipinski definition) is 2. The van der Waals surface area contributed by atoms with Gasteiger partial charge in [-0.25, -0.2) is 4.98 Å². The minimum absolute atomic E-state index is 0.255. The summed E-state index contributed by atoms with van der Waals surface area (Å²) < 4.78 is 40.0. The molecule has 0 saturated carbocycles. The highest BCUT2D eigenvalue weighted by molar-refractivity contribution is 6.30. The standard InChI is InChI=1S/C19H9ClF3N3/c20-17-9-13(11-5-7-12(8-6-11)19(21,22)23)14(10-24)18-25-15-3-1-2-4-16(15)26(17)18/h1-9H. The van der Waals surface area contributed by atoms with Crippen LogP contribution in [0.3, 0.4) is 0 Å². The number of aromatic nitrogens is 2. The van der Waals surface area contributed by atoms with Gasteiger partial charge in [-0.3, -0.25) is 4.40 Å². The molecule has 7 heteroatoms. The summed E-state index contributed by atoms with van der Waals surface area (Å²) in [6, 6.07) is 15.6. The summed E-state index contributed by atoms with van der Waals surface area (Å²) in [7, 11) is 0. The molecule has 4 rings (SSSR count). The first-order valence-corrected chi connectivity index (χ1v) is 7.95. The summed E-state index contributed by atoms with van der Waals surface area (Å²) in [6.45, 7) is 0. The van der Waals surface area contributed by atoms with Crippen LogP contribution in [0.2, 0.25) is 5.15 Å². The maximum Gasteiger partial charge on any atom is 0.416 e. The number of pyridine rings is 1. The molecule has 0 fully saturated rings. The number of benzene rings is 2. The van der Waals surface area contributed by atoms with Crippen LogP contribution in [0.25, 0.3) is 27.8 Å². The van der Waals surface area contributed by atoms with Crippen LogP contribution in [-0.2, 0) is 6.18 Å². The molecular formula is C19H9ClF3N3. The zero-order valence-electron chi connectivity index (χ0n) is 13.0. The first kappa shape index (κ1) is 16.4. The summed E-state index contributed by atoms with van der Waals surface area (Å²) in [6.07, 6.45) is -4.42. The maximum atomic E-state index is 12.8. The summed E-state index contributed by atoms with van der Waals surface area (Å²) in [5.41, 5.74) is 2.21. The maximum absolute atomic E-state index is 12.8. The lowest BCUT2D eigenvalue weighted by Gasteiger charge is -2.10. The Morgan fingerprint density at radius 1 is 1.04 bits per heavy atom. The first-order valence-electron chi connectivity index (χ1n) is 7.57. The van der Waals surface area contributed by atoms with Gasteiger partial charge in [-0.1, -0.05) is 35.9 Å². The van der Waals surface area contributed by atoms with Gasteiger partial charge in [0.2, 0.25) is 0 Å². The molecule has 2 aromatic heterocycles. The Hall–Kier alpha value is -3.04. The van der Waals surface area contributed by atoms with E-state index in [4.69, 9.17) is 11.6 Å². The fraction of sp³-hybridized carbons (Fsp3) is 0.0526. The molecule has 0 unspecified atom stereocenters. The SMILES string of the molecule is N#Cc1c(-c2ccc(C(F)(F)F)cc2)cc(Cl)n2c1nc1ccccc12. The number of fused-ring (bicyclic) bond motifs is 3. The third-order valence-electron chi connectivity index (χ3n) is 4.17. The Bertz CT molecular complexity index is 1190. The second-order valence-electron chi connectivity index (χ2n) is 5.70. The molecule has 0 radical (unpaired) electrons. The lowest BCUT2D eigenvalue weighted by Crippen LogP contribution is -2.04. The van der Waals surface area contributed by atoms with Crippen molar-refractivity contribution in [1.82, 2.24) is 9.38 Å². The van der Waals surface area contributed by atoms with Crippen LogP contribution in [0.5, 0.6) is 0 Å². The zero-order chi connectivity index (χ0) is 18.5. The van der Waals surface area contributed by atoms with Gasteiger partial charge < -0.3 is 0 Å². The average Bonchev–Trinajstić information content (AvgIpc) is 3.01. The molecule has 0 aliphatic heterocycles. The Balaban J connectivity index is 1.99. The number of para-hydroxylation sites is 2. The van der Waals surface area contributed by atoms with Gasteiger partial charge in [-0.05, 0) is 35.9 Å². The van der Waals surface area contributed by atoms with Crippen molar-refractivity contribution in [2.45, 2.75) is 6.18 Å². The van der Waals surface area contributed by atoms with Crippen molar-refractivity contribution in [1.29, 1.82) is 5.26 Å². The van der Waals surface area contributed by atoms with E-state index in [0.717, 1.165) is 17.6 Å². The molecule has 4 aromatic rings. The Kier molecular flexibility index (Phi) is 3.63. The summed E-state index contributed by atoms with van der Waals surface area (Å²) >= 11 is 6.40. The van der Waals surface area contributed by atoms with Crippen molar-refractivity contribution in [2.24, 2.45) is 0 Å². The van der Waals surface area contributed by atoms with E-state index in [1.54, 1.807) is 16.5 Å². The van der Waals surface area contributed by atoms with Gasteiger partial charge in [-0.15, -0.1) is 0 Å². The van der Waals surface area contributed by atoms with Crippen molar-refractivity contribution in [3.05, 3.63) is 70.9 Å². The fourth-order valence-electron chi connectivity index (χ4n) is 2.96. The number of hydrogen-bond donors (Lipinski definition) is 0. The molecule has 0 bridgehead atoms. The van der Waals surface area contributed by atoms with Crippen molar-refractivity contribution in [2.75, 3.05) is 0 Å². The molecule has 2 heterocycles. The number of imidazole rings is 1. The molecule has 0 aliphatic rings.